The first-order chi connectivity index (χ1) is 9.92. The van der Waals surface area contributed by atoms with Crippen molar-refractivity contribution in [2.45, 2.75) is 27.3 Å². The van der Waals surface area contributed by atoms with E-state index in [2.05, 4.69) is 5.10 Å². The van der Waals surface area contributed by atoms with Crippen LogP contribution in [0, 0.1) is 13.8 Å². The minimum absolute atomic E-state index is 0.187. The number of hydrogen-bond acceptors (Lipinski definition) is 4. The molecule has 0 atom stereocenters. The van der Waals surface area contributed by atoms with Crippen molar-refractivity contribution in [3.63, 3.8) is 0 Å². The van der Waals surface area contributed by atoms with Gasteiger partial charge in [-0.05, 0) is 44.5 Å². The van der Waals surface area contributed by atoms with Crippen molar-refractivity contribution >= 4 is 17.6 Å². The molecule has 0 aliphatic rings. The van der Waals surface area contributed by atoms with Gasteiger partial charge in [-0.2, -0.15) is 5.10 Å². The number of benzene rings is 1. The third-order valence-corrected chi connectivity index (χ3v) is 3.35. The molecular weight excluding hydrogens is 292 g/mol. The van der Waals surface area contributed by atoms with E-state index in [9.17, 15) is 9.90 Å². The van der Waals surface area contributed by atoms with Crippen LogP contribution < -0.4 is 0 Å². The Labute approximate surface area is 128 Å². The Morgan fingerprint density at radius 2 is 2.10 bits per heavy atom. The Balaban J connectivity index is 2.30. The number of halogens is 1. The molecule has 0 spiro atoms. The molecule has 1 aromatic heterocycles. The normalized spacial score (nSPS) is 10.7. The molecular formula is C15H17ClN2O3. The molecule has 0 saturated heterocycles. The Morgan fingerprint density at radius 3 is 2.76 bits per heavy atom. The first kappa shape index (κ1) is 15.4. The topological polar surface area (TPSA) is 64.3 Å². The molecule has 6 heteroatoms. The van der Waals surface area contributed by atoms with Crippen LogP contribution in [-0.2, 0) is 11.3 Å². The maximum atomic E-state index is 11.7. The number of aromatic hydroxyl groups is 1. The second kappa shape index (κ2) is 6.18. The van der Waals surface area contributed by atoms with Gasteiger partial charge in [-0.25, -0.2) is 4.79 Å². The van der Waals surface area contributed by atoms with E-state index in [4.69, 9.17) is 16.3 Å². The highest BCUT2D eigenvalue weighted by molar-refractivity contribution is 6.30. The number of rotatable bonds is 4. The predicted octanol–water partition coefficient (Wildman–Crippen LogP) is 3.08. The van der Waals surface area contributed by atoms with Crippen molar-refractivity contribution in [2.24, 2.45) is 0 Å². The molecule has 1 N–H and O–H groups in total. The van der Waals surface area contributed by atoms with Gasteiger partial charge in [0.1, 0.15) is 5.75 Å². The summed E-state index contributed by atoms with van der Waals surface area (Å²) in [7, 11) is 0. The lowest BCUT2D eigenvalue weighted by Gasteiger charge is -2.09. The van der Waals surface area contributed by atoms with Crippen LogP contribution in [0.3, 0.4) is 0 Å². The van der Waals surface area contributed by atoms with E-state index in [0.717, 1.165) is 5.69 Å². The molecule has 112 valence electrons. The van der Waals surface area contributed by atoms with Crippen molar-refractivity contribution in [3.05, 3.63) is 45.7 Å². The highest BCUT2D eigenvalue weighted by Gasteiger charge is 2.15. The largest absolute Gasteiger partial charge is 0.507 e. The first-order valence-corrected chi connectivity index (χ1v) is 6.99. The number of aromatic nitrogens is 2. The summed E-state index contributed by atoms with van der Waals surface area (Å²) in [5, 5.41) is 14.8. The number of hydrogen-bond donors (Lipinski definition) is 1. The summed E-state index contributed by atoms with van der Waals surface area (Å²) in [5.74, 6) is -0.266. The van der Waals surface area contributed by atoms with Crippen LogP contribution in [0.5, 0.6) is 5.75 Å². The summed E-state index contributed by atoms with van der Waals surface area (Å²) in [6, 6.07) is 5.04. The van der Waals surface area contributed by atoms with Crippen molar-refractivity contribution in [1.29, 1.82) is 0 Å². The monoisotopic (exact) mass is 308 g/mol. The quantitative estimate of drug-likeness (QED) is 0.882. The van der Waals surface area contributed by atoms with Crippen LogP contribution in [0.2, 0.25) is 5.02 Å². The van der Waals surface area contributed by atoms with Crippen LogP contribution in [0.4, 0.5) is 0 Å². The summed E-state index contributed by atoms with van der Waals surface area (Å²) < 4.78 is 6.56. The van der Waals surface area contributed by atoms with Gasteiger partial charge in [0.15, 0.2) is 5.69 Å². The molecule has 0 amide bonds. The van der Waals surface area contributed by atoms with Crippen molar-refractivity contribution in [1.82, 2.24) is 9.78 Å². The number of carbonyl (C=O) groups excluding carboxylic acids is 1. The molecule has 0 aliphatic heterocycles. The van der Waals surface area contributed by atoms with E-state index in [1.165, 1.54) is 0 Å². The number of ether oxygens (including phenoxy) is 1. The fourth-order valence-corrected chi connectivity index (χ4v) is 2.36. The molecule has 0 bridgehead atoms. The lowest BCUT2D eigenvalue weighted by molar-refractivity contribution is 0.0518. The molecule has 2 rings (SSSR count). The summed E-state index contributed by atoms with van der Waals surface area (Å²) in [5.41, 5.74) is 2.41. The highest BCUT2D eigenvalue weighted by Crippen LogP contribution is 2.27. The van der Waals surface area contributed by atoms with E-state index < -0.39 is 5.97 Å². The van der Waals surface area contributed by atoms with Gasteiger partial charge in [0.2, 0.25) is 0 Å². The maximum Gasteiger partial charge on any atom is 0.358 e. The number of nitrogens with zero attached hydrogens (tertiary/aromatic N) is 2. The summed E-state index contributed by atoms with van der Waals surface area (Å²) in [6.45, 7) is 6.00. The average Bonchev–Trinajstić information content (AvgIpc) is 2.77. The Bertz CT molecular complexity index is 680. The summed E-state index contributed by atoms with van der Waals surface area (Å²) >= 11 is 6.01. The molecule has 0 aliphatic carbocycles. The van der Waals surface area contributed by atoms with Gasteiger partial charge in [-0.1, -0.05) is 11.6 Å². The number of esters is 1. The average molecular weight is 309 g/mol. The Hall–Kier alpha value is -2.01. The van der Waals surface area contributed by atoms with Crippen molar-refractivity contribution in [3.8, 4) is 5.75 Å². The van der Waals surface area contributed by atoms with Gasteiger partial charge in [-0.15, -0.1) is 0 Å². The summed E-state index contributed by atoms with van der Waals surface area (Å²) in [4.78, 5) is 11.7. The molecule has 0 radical (unpaired) electrons. The maximum absolute atomic E-state index is 11.7. The van der Waals surface area contributed by atoms with Crippen LogP contribution in [0.1, 0.15) is 34.2 Å². The third-order valence-electron chi connectivity index (χ3n) is 3.13. The van der Waals surface area contributed by atoms with Gasteiger partial charge in [0.05, 0.1) is 13.2 Å². The van der Waals surface area contributed by atoms with Gasteiger partial charge in [0.25, 0.3) is 0 Å². The van der Waals surface area contributed by atoms with Gasteiger partial charge >= 0.3 is 5.97 Å². The van der Waals surface area contributed by atoms with E-state index in [0.29, 0.717) is 29.3 Å². The minimum Gasteiger partial charge on any atom is -0.507 e. The first-order valence-electron chi connectivity index (χ1n) is 6.62. The predicted molar refractivity (Wildman–Crippen MR) is 79.9 cm³/mol. The van der Waals surface area contributed by atoms with Crippen LogP contribution in [0.25, 0.3) is 0 Å². The Kier molecular flexibility index (Phi) is 4.53. The minimum atomic E-state index is -0.453. The molecule has 0 saturated carbocycles. The highest BCUT2D eigenvalue weighted by atomic mass is 35.5. The smallest absolute Gasteiger partial charge is 0.358 e. The zero-order valence-corrected chi connectivity index (χ0v) is 12.9. The molecule has 2 aromatic rings. The molecule has 21 heavy (non-hydrogen) atoms. The van der Waals surface area contributed by atoms with Gasteiger partial charge < -0.3 is 9.84 Å². The second-order valence-electron chi connectivity index (χ2n) is 4.78. The zero-order valence-electron chi connectivity index (χ0n) is 12.2. The fraction of sp³-hybridized carbons (Fsp3) is 0.333. The number of phenolic OH excluding ortho intramolecular Hbond substituents is 1. The van der Waals surface area contributed by atoms with Crippen LogP contribution in [0.15, 0.2) is 18.2 Å². The molecule has 0 unspecified atom stereocenters. The fourth-order valence-electron chi connectivity index (χ4n) is 2.06. The van der Waals surface area contributed by atoms with E-state index in [-0.39, 0.29) is 11.4 Å². The van der Waals surface area contributed by atoms with E-state index in [1.54, 1.807) is 36.7 Å². The molecule has 5 nitrogen and oxygen atoms in total. The molecule has 1 heterocycles. The molecule has 1 aromatic carbocycles. The SMILES string of the molecule is CCOC(=O)c1cc(C)n(Cc2cc(Cl)cc(C)c2O)n1. The van der Waals surface area contributed by atoms with Crippen molar-refractivity contribution in [2.75, 3.05) is 6.61 Å². The zero-order chi connectivity index (χ0) is 15.6. The van der Waals surface area contributed by atoms with Crippen LogP contribution >= 0.6 is 11.6 Å². The van der Waals surface area contributed by atoms with E-state index >= 15 is 0 Å². The van der Waals surface area contributed by atoms with E-state index in [1.807, 2.05) is 6.92 Å². The second-order valence-corrected chi connectivity index (χ2v) is 5.22. The Morgan fingerprint density at radius 1 is 1.38 bits per heavy atom. The number of aryl methyl sites for hydroxylation is 2. The molecule has 0 fully saturated rings. The van der Waals surface area contributed by atoms with Gasteiger partial charge in [0, 0.05) is 16.3 Å². The standard InChI is InChI=1S/C15H17ClN2O3/c1-4-21-15(20)13-6-10(3)18(17-13)8-11-7-12(16)5-9(2)14(11)19/h5-7,19H,4,8H2,1-3H3. The van der Waals surface area contributed by atoms with Crippen molar-refractivity contribution < 1.29 is 14.6 Å². The summed E-state index contributed by atoms with van der Waals surface area (Å²) in [6.07, 6.45) is 0. The lowest BCUT2D eigenvalue weighted by Crippen LogP contribution is -2.08. The lowest BCUT2D eigenvalue weighted by atomic mass is 10.1. The third kappa shape index (κ3) is 3.36. The van der Waals surface area contributed by atoms with Crippen LogP contribution in [-0.4, -0.2) is 27.5 Å². The number of carbonyl (C=O) groups is 1. The van der Waals surface area contributed by atoms with Gasteiger partial charge in [-0.3, -0.25) is 4.68 Å². The number of phenols is 1.